The normalized spacial score (nSPS) is 12.1. The summed E-state index contributed by atoms with van der Waals surface area (Å²) in [5, 5.41) is 0. The Labute approximate surface area is 109 Å². The molecule has 0 bridgehead atoms. The summed E-state index contributed by atoms with van der Waals surface area (Å²) in [5.41, 5.74) is 6.16. The van der Waals surface area contributed by atoms with E-state index >= 15 is 0 Å². The van der Waals surface area contributed by atoms with Gasteiger partial charge >= 0.3 is 5.97 Å². The molecule has 2 heterocycles. The van der Waals surface area contributed by atoms with E-state index in [0.29, 0.717) is 11.5 Å². The fourth-order valence-corrected chi connectivity index (χ4v) is 1.89. The second kappa shape index (κ2) is 5.01. The molecule has 2 N–H and O–H groups in total. The van der Waals surface area contributed by atoms with Gasteiger partial charge in [-0.25, -0.2) is 4.79 Å². The first-order valence-electron chi connectivity index (χ1n) is 5.69. The lowest BCUT2D eigenvalue weighted by atomic mass is 10.2. The number of ether oxygens (including phenoxy) is 1. The van der Waals surface area contributed by atoms with Crippen LogP contribution in [0, 0.1) is 0 Å². The number of hydrogen-bond acceptors (Lipinski definition) is 4. The van der Waals surface area contributed by atoms with Crippen LogP contribution in [0.3, 0.4) is 0 Å². The number of nitrogens with zero attached hydrogens (tertiary/aromatic N) is 1. The number of nitrogens with two attached hydrogens (primary N) is 1. The molecule has 2 rings (SSSR count). The van der Waals surface area contributed by atoms with Gasteiger partial charge in [0, 0.05) is 0 Å². The summed E-state index contributed by atoms with van der Waals surface area (Å²) in [7, 11) is 1.28. The second-order valence-corrected chi connectivity index (χ2v) is 4.02. The predicted molar refractivity (Wildman–Crippen MR) is 67.4 cm³/mol. The van der Waals surface area contributed by atoms with Gasteiger partial charge in [-0.3, -0.25) is 4.79 Å². The molecule has 0 aromatic carbocycles. The third-order valence-corrected chi connectivity index (χ3v) is 2.89. The summed E-state index contributed by atoms with van der Waals surface area (Å²) in [6, 6.07) is 6.03. The number of carbonyl (C=O) groups excluding carboxylic acids is 2. The minimum atomic E-state index is -0.691. The van der Waals surface area contributed by atoms with Crippen molar-refractivity contribution in [3.05, 3.63) is 36.2 Å². The quantitative estimate of drug-likeness (QED) is 0.847. The Morgan fingerprint density at radius 3 is 2.63 bits per heavy atom. The third-order valence-electron chi connectivity index (χ3n) is 2.89. The minimum Gasteiger partial charge on any atom is -0.464 e. The van der Waals surface area contributed by atoms with Crippen LogP contribution >= 0.6 is 0 Å². The first-order valence-corrected chi connectivity index (χ1v) is 5.69. The second-order valence-electron chi connectivity index (χ2n) is 4.02. The molecule has 0 saturated heterocycles. The average Bonchev–Trinajstić information content (AvgIpc) is 3.04. The van der Waals surface area contributed by atoms with Crippen LogP contribution in [0.4, 0.5) is 0 Å². The maximum Gasteiger partial charge on any atom is 0.354 e. The van der Waals surface area contributed by atoms with E-state index in [-0.39, 0.29) is 5.69 Å². The van der Waals surface area contributed by atoms with Gasteiger partial charge in [-0.1, -0.05) is 0 Å². The summed E-state index contributed by atoms with van der Waals surface area (Å²) in [6.07, 6.45) is 1.51. The lowest BCUT2D eigenvalue weighted by molar-refractivity contribution is -0.120. The van der Waals surface area contributed by atoms with Crippen LogP contribution in [0.15, 0.2) is 34.9 Å². The Bertz CT molecular complexity index is 598. The van der Waals surface area contributed by atoms with Crippen LogP contribution < -0.4 is 5.73 Å². The number of carbonyl (C=O) groups is 2. The van der Waals surface area contributed by atoms with E-state index in [9.17, 15) is 9.59 Å². The molecule has 100 valence electrons. The zero-order valence-electron chi connectivity index (χ0n) is 10.6. The maximum absolute atomic E-state index is 11.7. The molecule has 1 atom stereocenters. The maximum atomic E-state index is 11.7. The molecular formula is C13H14N2O4. The van der Waals surface area contributed by atoms with Gasteiger partial charge in [0.1, 0.15) is 17.5 Å². The van der Waals surface area contributed by atoms with Crippen molar-refractivity contribution < 1.29 is 18.7 Å². The topological polar surface area (TPSA) is 87.5 Å². The van der Waals surface area contributed by atoms with Crippen LogP contribution in [0.25, 0.3) is 11.5 Å². The van der Waals surface area contributed by atoms with Crippen molar-refractivity contribution in [1.82, 2.24) is 4.57 Å². The Morgan fingerprint density at radius 1 is 1.37 bits per heavy atom. The van der Waals surface area contributed by atoms with Crippen molar-refractivity contribution >= 4 is 11.9 Å². The largest absolute Gasteiger partial charge is 0.464 e. The standard InChI is InChI=1S/C13H14N2O4/c1-8(12(14)16)15-9(11-4-3-7-19-11)5-6-10(15)13(17)18-2/h3-8H,1-2H3,(H2,14,16). The fourth-order valence-electron chi connectivity index (χ4n) is 1.89. The molecule has 0 aliphatic carbocycles. The molecular weight excluding hydrogens is 248 g/mol. The Hall–Kier alpha value is -2.50. The molecule has 0 saturated carbocycles. The van der Waals surface area contributed by atoms with Crippen LogP contribution in [0.2, 0.25) is 0 Å². The number of primary amides is 1. The molecule has 0 radical (unpaired) electrons. The van der Waals surface area contributed by atoms with Crippen molar-refractivity contribution in [3.63, 3.8) is 0 Å². The Morgan fingerprint density at radius 2 is 2.11 bits per heavy atom. The van der Waals surface area contributed by atoms with E-state index in [1.807, 2.05) is 0 Å². The first-order chi connectivity index (χ1) is 9.06. The molecule has 0 fully saturated rings. The number of esters is 1. The van der Waals surface area contributed by atoms with Crippen molar-refractivity contribution in [2.24, 2.45) is 5.73 Å². The molecule has 1 amide bonds. The number of methoxy groups -OCH3 is 1. The van der Waals surface area contributed by atoms with Gasteiger partial charge in [0.2, 0.25) is 5.91 Å². The Kier molecular flexibility index (Phi) is 3.41. The van der Waals surface area contributed by atoms with Gasteiger partial charge in [-0.15, -0.1) is 0 Å². The van der Waals surface area contributed by atoms with Gasteiger partial charge in [0.15, 0.2) is 0 Å². The number of rotatable bonds is 4. The molecule has 19 heavy (non-hydrogen) atoms. The van der Waals surface area contributed by atoms with Gasteiger partial charge in [0.25, 0.3) is 0 Å². The van der Waals surface area contributed by atoms with E-state index in [1.54, 1.807) is 31.2 Å². The first kappa shape index (κ1) is 12.9. The van der Waals surface area contributed by atoms with E-state index < -0.39 is 17.9 Å². The van der Waals surface area contributed by atoms with Crippen LogP contribution in [-0.2, 0) is 9.53 Å². The monoisotopic (exact) mass is 262 g/mol. The van der Waals surface area contributed by atoms with E-state index in [0.717, 1.165) is 0 Å². The van der Waals surface area contributed by atoms with Crippen molar-refractivity contribution in [2.75, 3.05) is 7.11 Å². The molecule has 2 aromatic heterocycles. The minimum absolute atomic E-state index is 0.250. The molecule has 0 aliphatic heterocycles. The number of furan rings is 1. The van der Waals surface area contributed by atoms with Gasteiger partial charge in [-0.05, 0) is 31.2 Å². The molecule has 2 aromatic rings. The smallest absolute Gasteiger partial charge is 0.354 e. The van der Waals surface area contributed by atoms with Crippen LogP contribution in [-0.4, -0.2) is 23.6 Å². The van der Waals surface area contributed by atoms with Gasteiger partial charge in [0.05, 0.1) is 19.1 Å². The highest BCUT2D eigenvalue weighted by atomic mass is 16.5. The van der Waals surface area contributed by atoms with E-state index in [2.05, 4.69) is 0 Å². The third kappa shape index (κ3) is 2.24. The predicted octanol–water partition coefficient (Wildman–Crippen LogP) is 1.58. The van der Waals surface area contributed by atoms with Gasteiger partial charge in [-0.2, -0.15) is 0 Å². The number of hydrogen-bond donors (Lipinski definition) is 1. The zero-order chi connectivity index (χ0) is 14.0. The highest BCUT2D eigenvalue weighted by Gasteiger charge is 2.24. The van der Waals surface area contributed by atoms with Crippen LogP contribution in [0.1, 0.15) is 23.5 Å². The lowest BCUT2D eigenvalue weighted by Gasteiger charge is -2.16. The lowest BCUT2D eigenvalue weighted by Crippen LogP contribution is -2.27. The highest BCUT2D eigenvalue weighted by Crippen LogP contribution is 2.27. The summed E-state index contributed by atoms with van der Waals surface area (Å²) in [4.78, 5) is 23.1. The summed E-state index contributed by atoms with van der Waals surface area (Å²) < 4.78 is 11.5. The van der Waals surface area contributed by atoms with Crippen molar-refractivity contribution in [3.8, 4) is 11.5 Å². The summed E-state index contributed by atoms with van der Waals surface area (Å²) >= 11 is 0. The van der Waals surface area contributed by atoms with E-state index in [4.69, 9.17) is 14.9 Å². The number of aromatic nitrogens is 1. The average molecular weight is 262 g/mol. The summed E-state index contributed by atoms with van der Waals surface area (Å²) in [5.74, 6) is -0.539. The molecule has 1 unspecified atom stereocenters. The van der Waals surface area contributed by atoms with Crippen LogP contribution in [0.5, 0.6) is 0 Å². The molecule has 0 spiro atoms. The molecule has 6 nitrogen and oxygen atoms in total. The van der Waals surface area contributed by atoms with Crippen molar-refractivity contribution in [1.29, 1.82) is 0 Å². The molecule has 0 aliphatic rings. The van der Waals surface area contributed by atoms with E-state index in [1.165, 1.54) is 17.9 Å². The Balaban J connectivity index is 2.59. The SMILES string of the molecule is COC(=O)c1ccc(-c2ccco2)n1C(C)C(N)=O. The summed E-state index contributed by atoms with van der Waals surface area (Å²) in [6.45, 7) is 1.61. The highest BCUT2D eigenvalue weighted by molar-refractivity contribution is 5.90. The fraction of sp³-hybridized carbons (Fsp3) is 0.231. The molecule has 6 heteroatoms. The number of amides is 1. The van der Waals surface area contributed by atoms with Gasteiger partial charge < -0.3 is 19.5 Å². The zero-order valence-corrected chi connectivity index (χ0v) is 10.6. The van der Waals surface area contributed by atoms with Crippen molar-refractivity contribution in [2.45, 2.75) is 13.0 Å².